The Hall–Kier alpha value is -2.40. The van der Waals surface area contributed by atoms with Gasteiger partial charge >= 0.3 is 5.97 Å². The molecule has 2 aromatic heterocycles. The third-order valence-electron chi connectivity index (χ3n) is 4.16. The number of halogens is 2. The molecule has 0 aliphatic heterocycles. The van der Waals surface area contributed by atoms with Gasteiger partial charge < -0.3 is 5.11 Å². The van der Waals surface area contributed by atoms with Crippen molar-refractivity contribution in [1.82, 2.24) is 9.61 Å². The second kappa shape index (κ2) is 6.24. The SMILES string of the molecule is CCC(C(=O)O)c1c(C)nn2c(Cl)ccc2c1-c1ccc(F)cc1. The third-order valence-corrected chi connectivity index (χ3v) is 4.45. The first kappa shape index (κ1) is 16.5. The fraction of sp³-hybridized carbons (Fsp3) is 0.222. The number of carboxylic acid groups (broad SMARTS) is 1. The molecule has 1 unspecified atom stereocenters. The van der Waals surface area contributed by atoms with E-state index in [9.17, 15) is 14.3 Å². The summed E-state index contributed by atoms with van der Waals surface area (Å²) in [4.78, 5) is 11.7. The lowest BCUT2D eigenvalue weighted by molar-refractivity contribution is -0.138. The molecule has 1 aromatic carbocycles. The largest absolute Gasteiger partial charge is 0.481 e. The van der Waals surface area contributed by atoms with Gasteiger partial charge in [-0.15, -0.1) is 0 Å². The number of aliphatic carboxylic acids is 1. The molecule has 1 atom stereocenters. The van der Waals surface area contributed by atoms with Crippen molar-refractivity contribution >= 4 is 23.1 Å². The van der Waals surface area contributed by atoms with E-state index in [4.69, 9.17) is 11.6 Å². The van der Waals surface area contributed by atoms with Crippen molar-refractivity contribution in [3.8, 4) is 11.1 Å². The Morgan fingerprint density at radius 3 is 2.54 bits per heavy atom. The molecule has 24 heavy (non-hydrogen) atoms. The fourth-order valence-corrected chi connectivity index (χ4v) is 3.26. The normalized spacial score (nSPS) is 12.5. The summed E-state index contributed by atoms with van der Waals surface area (Å²) in [6.07, 6.45) is 0.427. The first-order valence-electron chi connectivity index (χ1n) is 7.60. The van der Waals surface area contributed by atoms with E-state index in [1.807, 2.05) is 6.92 Å². The van der Waals surface area contributed by atoms with Gasteiger partial charge in [0, 0.05) is 5.56 Å². The minimum atomic E-state index is -0.909. The molecule has 0 aliphatic carbocycles. The Morgan fingerprint density at radius 1 is 1.29 bits per heavy atom. The molecule has 0 radical (unpaired) electrons. The van der Waals surface area contributed by atoms with Crippen LogP contribution in [0.5, 0.6) is 0 Å². The Kier molecular flexibility index (Phi) is 4.28. The van der Waals surface area contributed by atoms with Crippen molar-refractivity contribution in [3.05, 3.63) is 58.6 Å². The van der Waals surface area contributed by atoms with Crippen LogP contribution in [0.25, 0.3) is 16.6 Å². The number of hydrogen-bond acceptors (Lipinski definition) is 2. The van der Waals surface area contributed by atoms with Crippen LogP contribution < -0.4 is 0 Å². The highest BCUT2D eigenvalue weighted by Gasteiger charge is 2.27. The minimum absolute atomic E-state index is 0.346. The fourth-order valence-electron chi connectivity index (χ4n) is 3.07. The van der Waals surface area contributed by atoms with Gasteiger partial charge in [-0.25, -0.2) is 8.91 Å². The number of carbonyl (C=O) groups is 1. The number of hydrogen-bond donors (Lipinski definition) is 1. The summed E-state index contributed by atoms with van der Waals surface area (Å²) in [5, 5.41) is 14.5. The van der Waals surface area contributed by atoms with Gasteiger partial charge in [0.1, 0.15) is 11.0 Å². The van der Waals surface area contributed by atoms with Crippen molar-refractivity contribution in [2.45, 2.75) is 26.2 Å². The van der Waals surface area contributed by atoms with Crippen molar-refractivity contribution in [2.24, 2.45) is 0 Å². The molecule has 2 heterocycles. The van der Waals surface area contributed by atoms with Gasteiger partial charge in [0.25, 0.3) is 0 Å². The van der Waals surface area contributed by atoms with E-state index in [1.54, 1.807) is 35.7 Å². The van der Waals surface area contributed by atoms with E-state index in [-0.39, 0.29) is 5.82 Å². The molecule has 0 amide bonds. The molecular weight excluding hydrogens is 331 g/mol. The van der Waals surface area contributed by atoms with Gasteiger partial charge in [0.2, 0.25) is 0 Å². The van der Waals surface area contributed by atoms with Crippen LogP contribution in [-0.4, -0.2) is 20.7 Å². The predicted molar refractivity (Wildman–Crippen MR) is 91.0 cm³/mol. The summed E-state index contributed by atoms with van der Waals surface area (Å²) in [5.41, 5.74) is 3.39. The van der Waals surface area contributed by atoms with Crippen LogP contribution in [0.1, 0.15) is 30.5 Å². The molecule has 0 aliphatic rings. The first-order valence-corrected chi connectivity index (χ1v) is 7.98. The van der Waals surface area contributed by atoms with Crippen molar-refractivity contribution in [1.29, 1.82) is 0 Å². The van der Waals surface area contributed by atoms with E-state index >= 15 is 0 Å². The second-order valence-electron chi connectivity index (χ2n) is 5.63. The predicted octanol–water partition coefficient (Wildman–Crippen LogP) is 4.68. The minimum Gasteiger partial charge on any atom is -0.481 e. The zero-order valence-electron chi connectivity index (χ0n) is 13.3. The average Bonchev–Trinajstić information content (AvgIpc) is 2.90. The number of aromatic nitrogens is 2. The van der Waals surface area contributed by atoms with Gasteiger partial charge in [-0.05, 0) is 48.7 Å². The second-order valence-corrected chi connectivity index (χ2v) is 6.02. The van der Waals surface area contributed by atoms with Crippen LogP contribution in [-0.2, 0) is 4.79 Å². The monoisotopic (exact) mass is 346 g/mol. The molecule has 3 aromatic rings. The molecule has 0 saturated heterocycles. The van der Waals surface area contributed by atoms with E-state index in [2.05, 4.69) is 5.10 Å². The quantitative estimate of drug-likeness (QED) is 0.746. The smallest absolute Gasteiger partial charge is 0.311 e. The van der Waals surface area contributed by atoms with Crippen LogP contribution in [0.2, 0.25) is 5.15 Å². The first-order chi connectivity index (χ1) is 11.4. The summed E-state index contributed by atoms with van der Waals surface area (Å²) in [6, 6.07) is 9.51. The molecular formula is C18H16ClFN2O2. The summed E-state index contributed by atoms with van der Waals surface area (Å²) in [7, 11) is 0. The highest BCUT2D eigenvalue weighted by atomic mass is 35.5. The maximum atomic E-state index is 13.3. The third kappa shape index (κ3) is 2.65. The number of rotatable bonds is 4. The van der Waals surface area contributed by atoms with Crippen molar-refractivity contribution in [3.63, 3.8) is 0 Å². The van der Waals surface area contributed by atoms with Gasteiger partial charge in [-0.2, -0.15) is 5.10 Å². The lowest BCUT2D eigenvalue weighted by Crippen LogP contribution is -2.15. The molecule has 0 saturated carbocycles. The van der Waals surface area contributed by atoms with E-state index in [0.717, 1.165) is 11.1 Å². The van der Waals surface area contributed by atoms with E-state index in [1.165, 1.54) is 12.1 Å². The van der Waals surface area contributed by atoms with Gasteiger partial charge in [0.05, 0.1) is 17.1 Å². The Bertz CT molecular complexity index is 919. The molecule has 3 rings (SSSR count). The Morgan fingerprint density at radius 2 is 1.96 bits per heavy atom. The van der Waals surface area contributed by atoms with Gasteiger partial charge in [0.15, 0.2) is 0 Å². The molecule has 6 heteroatoms. The number of nitrogens with zero attached hydrogens (tertiary/aromatic N) is 2. The molecule has 0 spiro atoms. The van der Waals surface area contributed by atoms with Crippen LogP contribution in [0.15, 0.2) is 36.4 Å². The maximum Gasteiger partial charge on any atom is 0.311 e. The summed E-state index contributed by atoms with van der Waals surface area (Å²) >= 11 is 6.18. The zero-order valence-corrected chi connectivity index (χ0v) is 14.0. The highest BCUT2D eigenvalue weighted by Crippen LogP contribution is 2.37. The van der Waals surface area contributed by atoms with Gasteiger partial charge in [-0.3, -0.25) is 4.79 Å². The number of benzene rings is 1. The molecule has 0 bridgehead atoms. The molecule has 4 nitrogen and oxygen atoms in total. The number of fused-ring (bicyclic) bond motifs is 1. The molecule has 124 valence electrons. The summed E-state index contributed by atoms with van der Waals surface area (Å²) < 4.78 is 14.9. The number of carboxylic acids is 1. The van der Waals surface area contributed by atoms with E-state index in [0.29, 0.717) is 28.3 Å². The zero-order chi connectivity index (χ0) is 17.4. The maximum absolute atomic E-state index is 13.3. The Balaban J connectivity index is 2.41. The van der Waals surface area contributed by atoms with Crippen LogP contribution >= 0.6 is 11.6 Å². The average molecular weight is 347 g/mol. The lowest BCUT2D eigenvalue weighted by atomic mass is 9.88. The summed E-state index contributed by atoms with van der Waals surface area (Å²) in [6.45, 7) is 3.59. The Labute approximate surface area is 143 Å². The lowest BCUT2D eigenvalue weighted by Gasteiger charge is -2.19. The topological polar surface area (TPSA) is 54.6 Å². The van der Waals surface area contributed by atoms with Crippen molar-refractivity contribution < 1.29 is 14.3 Å². The standard InChI is InChI=1S/C18H16ClFN2O2/c1-3-13(18(23)24)16-10(2)21-22-14(8-9-15(22)19)17(16)11-4-6-12(20)7-5-11/h4-9,13H,3H2,1-2H3,(H,23,24). The molecule has 0 fully saturated rings. The van der Waals surface area contributed by atoms with Crippen LogP contribution in [0, 0.1) is 12.7 Å². The van der Waals surface area contributed by atoms with Gasteiger partial charge in [-0.1, -0.05) is 30.7 Å². The van der Waals surface area contributed by atoms with Crippen LogP contribution in [0.3, 0.4) is 0 Å². The van der Waals surface area contributed by atoms with Crippen LogP contribution in [0.4, 0.5) is 4.39 Å². The summed E-state index contributed by atoms with van der Waals surface area (Å²) in [5.74, 6) is -1.95. The molecule has 1 N–H and O–H groups in total. The van der Waals surface area contributed by atoms with E-state index < -0.39 is 11.9 Å². The van der Waals surface area contributed by atoms with Crippen molar-refractivity contribution in [2.75, 3.05) is 0 Å². The highest BCUT2D eigenvalue weighted by molar-refractivity contribution is 6.30. The number of aryl methyl sites for hydroxylation is 1.